The molecule has 1 atom stereocenters. The van der Waals surface area contributed by atoms with Gasteiger partial charge in [-0.2, -0.15) is 0 Å². The van der Waals surface area contributed by atoms with Crippen LogP contribution in [0.25, 0.3) is 0 Å². The molecule has 2 rings (SSSR count). The summed E-state index contributed by atoms with van der Waals surface area (Å²) in [5.74, 6) is 0.144. The number of rotatable bonds is 6. The number of sulfonamides is 1. The van der Waals surface area contributed by atoms with Crippen molar-refractivity contribution < 1.29 is 17.6 Å². The highest BCUT2D eigenvalue weighted by molar-refractivity contribution is 7.92. The Morgan fingerprint density at radius 3 is 2.65 bits per heavy atom. The minimum absolute atomic E-state index is 0.184. The van der Waals surface area contributed by atoms with E-state index >= 15 is 0 Å². The van der Waals surface area contributed by atoms with Crippen LogP contribution in [0, 0.1) is 0 Å². The lowest BCUT2D eigenvalue weighted by Gasteiger charge is -2.28. The van der Waals surface area contributed by atoms with Crippen LogP contribution in [-0.4, -0.2) is 26.6 Å². The van der Waals surface area contributed by atoms with Crippen molar-refractivity contribution in [3.05, 3.63) is 53.4 Å². The average molecular weight is 357 g/mol. The van der Waals surface area contributed by atoms with Gasteiger partial charge in [-0.05, 0) is 37.3 Å². The lowest BCUT2D eigenvalue weighted by atomic mass is 10.2. The average Bonchev–Trinajstić information content (AvgIpc) is 2.96. The molecule has 1 aromatic heterocycles. The molecule has 0 aliphatic carbocycles. The number of amides is 1. The molecule has 1 N–H and O–H groups in total. The van der Waals surface area contributed by atoms with E-state index in [-0.39, 0.29) is 6.54 Å². The molecule has 0 saturated heterocycles. The van der Waals surface area contributed by atoms with Crippen LogP contribution < -0.4 is 9.62 Å². The summed E-state index contributed by atoms with van der Waals surface area (Å²) in [6.07, 6.45) is 2.55. The van der Waals surface area contributed by atoms with Crippen molar-refractivity contribution in [1.82, 2.24) is 5.32 Å². The third-order valence-corrected chi connectivity index (χ3v) is 4.64. The number of anilines is 1. The van der Waals surface area contributed by atoms with Gasteiger partial charge in [0.2, 0.25) is 15.9 Å². The predicted octanol–water partition coefficient (Wildman–Crippen LogP) is 2.40. The van der Waals surface area contributed by atoms with Crippen LogP contribution in [0.1, 0.15) is 12.7 Å². The third kappa shape index (κ3) is 4.49. The van der Waals surface area contributed by atoms with Crippen LogP contribution in [0.4, 0.5) is 5.69 Å². The monoisotopic (exact) mass is 356 g/mol. The van der Waals surface area contributed by atoms with Crippen LogP contribution >= 0.6 is 11.6 Å². The molecule has 2 aromatic rings. The SMILES string of the molecule is C[C@@H](C(=O)NCc1ccco1)N(c1cccc(Cl)c1)S(C)(=O)=O. The first-order valence-electron chi connectivity index (χ1n) is 6.84. The highest BCUT2D eigenvalue weighted by Gasteiger charge is 2.29. The molecule has 1 amide bonds. The number of hydrogen-bond acceptors (Lipinski definition) is 4. The molecule has 0 fully saturated rings. The Morgan fingerprint density at radius 2 is 2.09 bits per heavy atom. The van der Waals surface area contributed by atoms with E-state index in [0.29, 0.717) is 16.5 Å². The molecule has 6 nitrogen and oxygen atoms in total. The molecule has 0 bridgehead atoms. The molecule has 0 aliphatic rings. The van der Waals surface area contributed by atoms with Crippen molar-refractivity contribution in [2.45, 2.75) is 19.5 Å². The van der Waals surface area contributed by atoms with E-state index in [1.165, 1.54) is 19.3 Å². The largest absolute Gasteiger partial charge is 0.467 e. The number of nitrogens with zero attached hydrogens (tertiary/aromatic N) is 1. The van der Waals surface area contributed by atoms with E-state index in [2.05, 4.69) is 5.32 Å². The van der Waals surface area contributed by atoms with Gasteiger partial charge in [0.25, 0.3) is 0 Å². The maximum Gasteiger partial charge on any atom is 0.243 e. The van der Waals surface area contributed by atoms with Gasteiger partial charge in [0.05, 0.1) is 24.8 Å². The molecule has 0 radical (unpaired) electrons. The molecule has 8 heteroatoms. The highest BCUT2D eigenvalue weighted by atomic mass is 35.5. The Bertz CT molecular complexity index is 775. The molecule has 23 heavy (non-hydrogen) atoms. The summed E-state index contributed by atoms with van der Waals surface area (Å²) in [4.78, 5) is 12.3. The molecule has 0 saturated carbocycles. The van der Waals surface area contributed by atoms with E-state index in [9.17, 15) is 13.2 Å². The first-order chi connectivity index (χ1) is 10.8. The maximum atomic E-state index is 12.3. The van der Waals surface area contributed by atoms with E-state index in [1.54, 1.807) is 30.3 Å². The molecule has 0 spiro atoms. The van der Waals surface area contributed by atoms with Gasteiger partial charge >= 0.3 is 0 Å². The van der Waals surface area contributed by atoms with Gasteiger partial charge in [-0.25, -0.2) is 8.42 Å². The first kappa shape index (κ1) is 17.4. The normalized spacial score (nSPS) is 12.7. The van der Waals surface area contributed by atoms with Crippen LogP contribution in [0.2, 0.25) is 5.02 Å². The van der Waals surface area contributed by atoms with E-state index in [0.717, 1.165) is 10.6 Å². The van der Waals surface area contributed by atoms with Crippen molar-refractivity contribution in [2.75, 3.05) is 10.6 Å². The predicted molar refractivity (Wildman–Crippen MR) is 88.8 cm³/mol. The Morgan fingerprint density at radius 1 is 1.35 bits per heavy atom. The van der Waals surface area contributed by atoms with Crippen LogP contribution in [0.5, 0.6) is 0 Å². The molecule has 1 aromatic carbocycles. The second kappa shape index (κ2) is 7.06. The van der Waals surface area contributed by atoms with E-state index in [1.807, 2.05) is 0 Å². The zero-order valence-electron chi connectivity index (χ0n) is 12.7. The van der Waals surface area contributed by atoms with Crippen molar-refractivity contribution in [3.8, 4) is 0 Å². The fraction of sp³-hybridized carbons (Fsp3) is 0.267. The Kier molecular flexibility index (Phi) is 5.33. The Labute approximate surface area is 140 Å². The third-order valence-electron chi connectivity index (χ3n) is 3.17. The second-order valence-corrected chi connectivity index (χ2v) is 7.31. The minimum atomic E-state index is -3.66. The summed E-state index contributed by atoms with van der Waals surface area (Å²) in [5, 5.41) is 3.04. The zero-order valence-corrected chi connectivity index (χ0v) is 14.3. The molecule has 0 unspecified atom stereocenters. The van der Waals surface area contributed by atoms with Gasteiger partial charge < -0.3 is 9.73 Å². The molecular weight excluding hydrogens is 340 g/mol. The van der Waals surface area contributed by atoms with Gasteiger partial charge in [-0.1, -0.05) is 17.7 Å². The topological polar surface area (TPSA) is 79.6 Å². The number of carbonyl (C=O) groups is 1. The number of hydrogen-bond donors (Lipinski definition) is 1. The Balaban J connectivity index is 2.20. The summed E-state index contributed by atoms with van der Waals surface area (Å²) >= 11 is 5.92. The summed E-state index contributed by atoms with van der Waals surface area (Å²) in [7, 11) is -3.66. The van der Waals surface area contributed by atoms with Gasteiger partial charge in [0.15, 0.2) is 0 Å². The standard InChI is InChI=1S/C15H17ClN2O4S/c1-11(15(19)17-10-14-7-4-8-22-14)18(23(2,20)21)13-6-3-5-12(16)9-13/h3-9,11H,10H2,1-2H3,(H,17,19)/t11-/m0/s1. The lowest BCUT2D eigenvalue weighted by molar-refractivity contribution is -0.122. The highest BCUT2D eigenvalue weighted by Crippen LogP contribution is 2.24. The van der Waals surface area contributed by atoms with Gasteiger partial charge in [0, 0.05) is 5.02 Å². The van der Waals surface area contributed by atoms with Crippen molar-refractivity contribution in [2.24, 2.45) is 0 Å². The number of nitrogens with one attached hydrogen (secondary N) is 1. The summed E-state index contributed by atoms with van der Waals surface area (Å²) in [5.41, 5.74) is 0.334. The zero-order chi connectivity index (χ0) is 17.0. The van der Waals surface area contributed by atoms with E-state index in [4.69, 9.17) is 16.0 Å². The summed E-state index contributed by atoms with van der Waals surface area (Å²) in [6, 6.07) is 8.84. The lowest BCUT2D eigenvalue weighted by Crippen LogP contribution is -2.47. The quantitative estimate of drug-likeness (QED) is 0.861. The summed E-state index contributed by atoms with van der Waals surface area (Å²) < 4.78 is 30.4. The summed E-state index contributed by atoms with van der Waals surface area (Å²) in [6.45, 7) is 1.70. The van der Waals surface area contributed by atoms with Crippen molar-refractivity contribution in [1.29, 1.82) is 0 Å². The molecule has 124 valence electrons. The molecule has 0 aliphatic heterocycles. The number of halogens is 1. The fourth-order valence-electron chi connectivity index (χ4n) is 2.16. The minimum Gasteiger partial charge on any atom is -0.467 e. The Hall–Kier alpha value is -1.99. The van der Waals surface area contributed by atoms with Crippen LogP contribution in [0.3, 0.4) is 0 Å². The van der Waals surface area contributed by atoms with Crippen LogP contribution in [0.15, 0.2) is 47.1 Å². The molecule has 1 heterocycles. The maximum absolute atomic E-state index is 12.3. The fourth-order valence-corrected chi connectivity index (χ4v) is 3.51. The number of benzene rings is 1. The van der Waals surface area contributed by atoms with E-state index < -0.39 is 22.0 Å². The van der Waals surface area contributed by atoms with Gasteiger partial charge in [-0.3, -0.25) is 9.10 Å². The van der Waals surface area contributed by atoms with Crippen molar-refractivity contribution >= 4 is 33.2 Å². The van der Waals surface area contributed by atoms with Crippen LogP contribution in [-0.2, 0) is 21.4 Å². The van der Waals surface area contributed by atoms with Crippen molar-refractivity contribution in [3.63, 3.8) is 0 Å². The number of furan rings is 1. The smallest absolute Gasteiger partial charge is 0.243 e. The molecular formula is C15H17ClN2O4S. The van der Waals surface area contributed by atoms with Gasteiger partial charge in [-0.15, -0.1) is 0 Å². The first-order valence-corrected chi connectivity index (χ1v) is 9.07. The second-order valence-electron chi connectivity index (χ2n) is 5.01. The number of carbonyl (C=O) groups excluding carboxylic acids is 1. The van der Waals surface area contributed by atoms with Gasteiger partial charge in [0.1, 0.15) is 11.8 Å².